The molecule has 12 nitrogen and oxygen atoms in total. The highest BCUT2D eigenvalue weighted by Gasteiger charge is 2.62. The van der Waals surface area contributed by atoms with Crippen LogP contribution in [0.4, 0.5) is 5.95 Å². The summed E-state index contributed by atoms with van der Waals surface area (Å²) in [7, 11) is -5.90. The van der Waals surface area contributed by atoms with Gasteiger partial charge in [0.05, 0.1) is 12.9 Å². The van der Waals surface area contributed by atoms with Gasteiger partial charge in [-0.05, 0) is 47.1 Å². The molecule has 15 heteroatoms. The Morgan fingerprint density at radius 1 is 1.02 bits per heavy atom. The van der Waals surface area contributed by atoms with E-state index in [-0.39, 0.29) is 45.1 Å². The molecule has 0 aliphatic carbocycles. The Morgan fingerprint density at radius 2 is 1.65 bits per heavy atom. The number of rotatable bonds is 10. The molecule has 0 unspecified atom stereocenters. The van der Waals surface area contributed by atoms with E-state index >= 15 is 0 Å². The van der Waals surface area contributed by atoms with Crippen molar-refractivity contribution in [1.82, 2.24) is 19.5 Å². The van der Waals surface area contributed by atoms with E-state index in [0.717, 1.165) is 5.56 Å². The predicted octanol–water partition coefficient (Wildman–Crippen LogP) is 7.10. The molecule has 2 fully saturated rings. The average Bonchev–Trinajstić information content (AvgIpc) is 3.57. The van der Waals surface area contributed by atoms with E-state index in [9.17, 15) is 4.79 Å². The number of fused-ring (bicyclic) bond motifs is 2. The van der Waals surface area contributed by atoms with Crippen LogP contribution in [0.5, 0.6) is 5.75 Å². The van der Waals surface area contributed by atoms with Gasteiger partial charge in [-0.25, -0.2) is 4.98 Å². The molecule has 0 bridgehead atoms. The zero-order valence-electron chi connectivity index (χ0n) is 30.6. The van der Waals surface area contributed by atoms with E-state index in [4.69, 9.17) is 44.4 Å². The second-order valence-corrected chi connectivity index (χ2v) is 24.1. The lowest BCUT2D eigenvalue weighted by Crippen LogP contribution is -2.66. The van der Waals surface area contributed by atoms with Crippen LogP contribution in [0.1, 0.15) is 81.0 Å². The number of aromatic nitrogens is 4. The maximum absolute atomic E-state index is 13.2. The van der Waals surface area contributed by atoms with Crippen LogP contribution in [0.3, 0.4) is 0 Å². The molecule has 3 aromatic rings. The van der Waals surface area contributed by atoms with E-state index in [1.807, 2.05) is 31.2 Å². The zero-order chi connectivity index (χ0) is 35.8. The molecule has 0 saturated carbocycles. The van der Waals surface area contributed by atoms with Crippen LogP contribution < -0.4 is 15.6 Å². The lowest BCUT2D eigenvalue weighted by molar-refractivity contribution is -0.0569. The molecular weight excluding hydrogens is 679 g/mol. The molecule has 2 saturated heterocycles. The van der Waals surface area contributed by atoms with Crippen LogP contribution >= 0.6 is 12.2 Å². The van der Waals surface area contributed by atoms with Crippen LogP contribution in [-0.4, -0.2) is 73.3 Å². The Balaban J connectivity index is 1.61. The highest BCUT2D eigenvalue weighted by molar-refractivity contribution is 7.79. The lowest BCUT2D eigenvalue weighted by atomic mass is 10.1. The maximum Gasteiger partial charge on any atom is 0.358 e. The monoisotopic (exact) mass is 731 g/mol. The summed E-state index contributed by atoms with van der Waals surface area (Å²) in [4.78, 5) is 25.2. The van der Waals surface area contributed by atoms with Crippen molar-refractivity contribution < 1.29 is 27.2 Å². The summed E-state index contributed by atoms with van der Waals surface area (Å²) in [6.45, 7) is 24.4. The molecule has 2 aromatic heterocycles. The zero-order valence-corrected chi connectivity index (χ0v) is 33.4. The van der Waals surface area contributed by atoms with E-state index in [1.165, 1.54) is 0 Å². The number of benzene rings is 1. The predicted molar refractivity (Wildman–Crippen MR) is 198 cm³/mol. The molecule has 4 heterocycles. The average molecular weight is 732 g/mol. The van der Waals surface area contributed by atoms with Crippen molar-refractivity contribution >= 4 is 51.7 Å². The first-order valence-electron chi connectivity index (χ1n) is 17.4. The number of nitrogens with one attached hydrogen (secondary N) is 2. The lowest BCUT2D eigenvalue weighted by Gasteiger charge is -2.51. The van der Waals surface area contributed by atoms with Gasteiger partial charge in [-0.15, -0.1) is 0 Å². The minimum absolute atomic E-state index is 0.0820. The third-order valence-electron chi connectivity index (χ3n) is 9.46. The molecule has 2 N–H and O–H groups in total. The third kappa shape index (κ3) is 7.53. The van der Waals surface area contributed by atoms with Crippen LogP contribution in [0.25, 0.3) is 11.2 Å². The Bertz CT molecular complexity index is 1650. The SMILES string of the molecule is Cc1ccc(OC(=S)O[C@@H]2[C@H]3O[Si](C(C)C)(C(C)C)O[Si](C(C)C)(C(C)C)OC[C@@H]3O[C@H]2n2cnc3c(=O)[nH]c(NCC(C)C)nc32)cc1. The summed E-state index contributed by atoms with van der Waals surface area (Å²) in [6, 6.07) is 7.57. The number of aryl methyl sites for hydroxylation is 1. The number of hydrogen-bond donors (Lipinski definition) is 2. The normalized spacial score (nSPS) is 23.7. The number of imidazole rings is 1. The smallest absolute Gasteiger partial charge is 0.358 e. The molecule has 0 amide bonds. The van der Waals surface area contributed by atoms with Crippen molar-refractivity contribution in [1.29, 1.82) is 0 Å². The molecule has 270 valence electrons. The van der Waals surface area contributed by atoms with Gasteiger partial charge >= 0.3 is 22.4 Å². The van der Waals surface area contributed by atoms with Crippen molar-refractivity contribution in [2.45, 2.75) is 123 Å². The van der Waals surface area contributed by atoms with Crippen LogP contribution in [-0.2, 0) is 22.4 Å². The van der Waals surface area contributed by atoms with E-state index in [0.29, 0.717) is 29.8 Å². The van der Waals surface area contributed by atoms with Crippen LogP contribution in [0.2, 0.25) is 22.2 Å². The summed E-state index contributed by atoms with van der Waals surface area (Å²) < 4.78 is 42.9. The van der Waals surface area contributed by atoms with Gasteiger partial charge in [0.1, 0.15) is 18.0 Å². The fraction of sp³-hybridized carbons (Fsp3) is 0.647. The molecule has 2 aliphatic heterocycles. The molecule has 5 rings (SSSR count). The number of aromatic amines is 1. The van der Waals surface area contributed by atoms with Crippen molar-refractivity contribution in [2.24, 2.45) is 5.92 Å². The summed E-state index contributed by atoms with van der Waals surface area (Å²) in [5.74, 6) is 1.23. The number of hydrogen-bond acceptors (Lipinski definition) is 11. The van der Waals surface area contributed by atoms with Crippen LogP contribution in [0, 0.1) is 12.8 Å². The second kappa shape index (κ2) is 14.9. The standard InChI is InChI=1S/C34H53N5O7SSi2/c1-19(2)16-35-33-37-30-27(31(40)38-33)36-18-39(30)32-29(44-34(47)42-25-14-12-24(11)13-15-25)28-26(43-32)17-41-48(20(3)4,21(5)6)46-49(45-28,22(7)8)23(9)10/h12-15,18-23,26,28-29,32H,16-17H2,1-11H3,(H2,35,37,38,40)/t26-,28-,29+,32+/m0/s1. The topological polar surface area (TPSA) is 131 Å². The van der Waals surface area contributed by atoms with Gasteiger partial charge in [-0.2, -0.15) is 4.98 Å². The summed E-state index contributed by atoms with van der Waals surface area (Å²) in [5.41, 5.74) is 1.76. The molecule has 4 atom stereocenters. The Labute approximate surface area is 297 Å². The largest absolute Gasteiger partial charge is 0.446 e. The van der Waals surface area contributed by atoms with Gasteiger partial charge in [0.25, 0.3) is 5.56 Å². The number of ether oxygens (including phenoxy) is 3. The minimum atomic E-state index is -3.06. The minimum Gasteiger partial charge on any atom is -0.446 e. The van der Waals surface area contributed by atoms with Gasteiger partial charge in [-0.1, -0.05) is 86.9 Å². The van der Waals surface area contributed by atoms with Gasteiger partial charge < -0.3 is 32.5 Å². The highest BCUT2D eigenvalue weighted by atomic mass is 32.1. The molecule has 0 spiro atoms. The quantitative estimate of drug-likeness (QED) is 0.164. The highest BCUT2D eigenvalue weighted by Crippen LogP contribution is 2.49. The van der Waals surface area contributed by atoms with Gasteiger partial charge in [0.15, 0.2) is 23.5 Å². The molecule has 0 radical (unpaired) electrons. The van der Waals surface area contributed by atoms with Crippen molar-refractivity contribution in [2.75, 3.05) is 18.5 Å². The number of thiocarbonyl (C=S) groups is 1. The van der Waals surface area contributed by atoms with Gasteiger partial charge in [-0.3, -0.25) is 14.3 Å². The summed E-state index contributed by atoms with van der Waals surface area (Å²) in [6.07, 6.45) is -1.30. The number of anilines is 1. The maximum atomic E-state index is 13.2. The fourth-order valence-corrected chi connectivity index (χ4v) is 18.2. The fourth-order valence-electron chi connectivity index (χ4n) is 6.81. The summed E-state index contributed by atoms with van der Waals surface area (Å²) >= 11 is 5.70. The van der Waals surface area contributed by atoms with Gasteiger partial charge in [0.2, 0.25) is 5.95 Å². The summed E-state index contributed by atoms with van der Waals surface area (Å²) in [5, 5.41) is 3.14. The second-order valence-electron chi connectivity index (χ2n) is 14.9. The third-order valence-corrected chi connectivity index (χ3v) is 19.9. The molecule has 1 aromatic carbocycles. The molecule has 2 aliphatic rings. The van der Waals surface area contributed by atoms with E-state index in [2.05, 4.69) is 84.5 Å². The molecular formula is C34H53N5O7SSi2. The molecule has 49 heavy (non-hydrogen) atoms. The first kappa shape index (κ1) is 37.6. The van der Waals surface area contributed by atoms with Crippen molar-refractivity contribution in [3.63, 3.8) is 0 Å². The van der Waals surface area contributed by atoms with Gasteiger partial charge in [0, 0.05) is 18.8 Å². The van der Waals surface area contributed by atoms with E-state index in [1.54, 1.807) is 10.9 Å². The first-order valence-corrected chi connectivity index (χ1v) is 21.8. The number of nitrogens with zero attached hydrogens (tertiary/aromatic N) is 3. The number of H-pyrrole nitrogens is 1. The van der Waals surface area contributed by atoms with Crippen molar-refractivity contribution in [3.05, 3.63) is 46.5 Å². The Morgan fingerprint density at radius 3 is 2.24 bits per heavy atom. The first-order chi connectivity index (χ1) is 23.1. The Kier molecular flexibility index (Phi) is 11.4. The van der Waals surface area contributed by atoms with Crippen LogP contribution in [0.15, 0.2) is 35.4 Å². The van der Waals surface area contributed by atoms with Crippen molar-refractivity contribution in [3.8, 4) is 5.75 Å². The van der Waals surface area contributed by atoms with E-state index < -0.39 is 41.7 Å². The Hall–Kier alpha value is -2.67.